The number of nitrogens with zero attached hydrogens (tertiary/aromatic N) is 3. The molecule has 0 aliphatic rings. The van der Waals surface area contributed by atoms with Gasteiger partial charge in [0.1, 0.15) is 11.6 Å². The van der Waals surface area contributed by atoms with E-state index in [1.165, 1.54) is 12.1 Å². The molecule has 0 saturated carbocycles. The van der Waals surface area contributed by atoms with Gasteiger partial charge in [-0.05, 0) is 24.3 Å². The van der Waals surface area contributed by atoms with Gasteiger partial charge in [-0.25, -0.2) is 4.98 Å². The van der Waals surface area contributed by atoms with Gasteiger partial charge in [0, 0.05) is 32.1 Å². The Morgan fingerprint density at radius 1 is 1.39 bits per heavy atom. The molecule has 94 valence electrons. The van der Waals surface area contributed by atoms with E-state index in [1.807, 2.05) is 17.8 Å². The van der Waals surface area contributed by atoms with Crippen molar-refractivity contribution < 1.29 is 9.90 Å². The molecule has 1 aromatic carbocycles. The molecule has 0 aliphatic heterocycles. The van der Waals surface area contributed by atoms with Crippen LogP contribution >= 0.6 is 0 Å². The van der Waals surface area contributed by atoms with Crippen LogP contribution in [0.4, 0.5) is 0 Å². The summed E-state index contributed by atoms with van der Waals surface area (Å²) in [5.41, 5.74) is 0.546. The smallest absolute Gasteiger partial charge is 0.254 e. The number of amides is 1. The van der Waals surface area contributed by atoms with E-state index in [2.05, 4.69) is 4.98 Å². The lowest BCUT2D eigenvalue weighted by atomic mass is 10.2. The van der Waals surface area contributed by atoms with E-state index in [-0.39, 0.29) is 11.7 Å². The zero-order chi connectivity index (χ0) is 13.1. The van der Waals surface area contributed by atoms with E-state index in [0.29, 0.717) is 12.1 Å². The monoisotopic (exact) mass is 245 g/mol. The van der Waals surface area contributed by atoms with Crippen LogP contribution in [0.15, 0.2) is 36.7 Å². The van der Waals surface area contributed by atoms with Crippen molar-refractivity contribution in [3.63, 3.8) is 0 Å². The topological polar surface area (TPSA) is 58.4 Å². The Labute approximate surface area is 105 Å². The summed E-state index contributed by atoms with van der Waals surface area (Å²) >= 11 is 0. The number of benzene rings is 1. The molecule has 2 rings (SSSR count). The Morgan fingerprint density at radius 2 is 2.06 bits per heavy atom. The lowest BCUT2D eigenvalue weighted by Gasteiger charge is -2.16. The molecule has 1 N–H and O–H groups in total. The van der Waals surface area contributed by atoms with Crippen molar-refractivity contribution in [2.75, 3.05) is 7.05 Å². The van der Waals surface area contributed by atoms with Crippen LogP contribution in [0.5, 0.6) is 5.75 Å². The molecule has 0 unspecified atom stereocenters. The van der Waals surface area contributed by atoms with E-state index in [4.69, 9.17) is 0 Å². The number of carbonyl (C=O) groups is 1. The molecular formula is C13H15N3O2. The maximum absolute atomic E-state index is 12.1. The fourth-order valence-corrected chi connectivity index (χ4v) is 1.66. The Hall–Kier alpha value is -2.30. The zero-order valence-corrected chi connectivity index (χ0v) is 10.4. The van der Waals surface area contributed by atoms with Gasteiger partial charge in [0.25, 0.3) is 5.91 Å². The van der Waals surface area contributed by atoms with Crippen molar-refractivity contribution in [1.29, 1.82) is 0 Å². The lowest BCUT2D eigenvalue weighted by molar-refractivity contribution is 0.0780. The van der Waals surface area contributed by atoms with Crippen molar-refractivity contribution in [3.05, 3.63) is 48.0 Å². The summed E-state index contributed by atoms with van der Waals surface area (Å²) in [5, 5.41) is 9.18. The molecule has 0 atom stereocenters. The molecule has 0 aliphatic carbocycles. The third-order valence-corrected chi connectivity index (χ3v) is 2.76. The van der Waals surface area contributed by atoms with Gasteiger partial charge in [-0.15, -0.1) is 0 Å². The molecule has 1 aromatic heterocycles. The minimum atomic E-state index is -0.0991. The first kappa shape index (κ1) is 12.2. The molecule has 0 saturated heterocycles. The van der Waals surface area contributed by atoms with Crippen LogP contribution < -0.4 is 0 Å². The maximum Gasteiger partial charge on any atom is 0.254 e. The molecule has 1 amide bonds. The average molecular weight is 245 g/mol. The van der Waals surface area contributed by atoms with Crippen LogP contribution in [0.25, 0.3) is 0 Å². The second kappa shape index (κ2) is 4.91. The standard InChI is InChI=1S/C13H15N3O2/c1-15-8-7-14-12(15)9-16(2)13(18)10-3-5-11(17)6-4-10/h3-8,17H,9H2,1-2H3. The molecule has 5 heteroatoms. The van der Waals surface area contributed by atoms with Crippen molar-refractivity contribution in [3.8, 4) is 5.75 Å². The largest absolute Gasteiger partial charge is 0.508 e. The molecule has 0 fully saturated rings. The van der Waals surface area contributed by atoms with Gasteiger partial charge in [0.15, 0.2) is 0 Å². The first-order valence-corrected chi connectivity index (χ1v) is 5.58. The van der Waals surface area contributed by atoms with Crippen LogP contribution in [-0.4, -0.2) is 32.5 Å². The summed E-state index contributed by atoms with van der Waals surface area (Å²) in [4.78, 5) is 17.9. The minimum absolute atomic E-state index is 0.0991. The van der Waals surface area contributed by atoms with Crippen LogP contribution in [0, 0.1) is 0 Å². The fourth-order valence-electron chi connectivity index (χ4n) is 1.66. The molecule has 1 heterocycles. The zero-order valence-electron chi connectivity index (χ0n) is 10.4. The van der Waals surface area contributed by atoms with Gasteiger partial charge in [0.05, 0.1) is 6.54 Å². The minimum Gasteiger partial charge on any atom is -0.508 e. The summed E-state index contributed by atoms with van der Waals surface area (Å²) in [7, 11) is 3.62. The fraction of sp³-hybridized carbons (Fsp3) is 0.231. The Bertz CT molecular complexity index is 546. The van der Waals surface area contributed by atoms with E-state index in [0.717, 1.165) is 5.82 Å². The van der Waals surface area contributed by atoms with Crippen molar-refractivity contribution in [2.24, 2.45) is 7.05 Å². The molecular weight excluding hydrogens is 230 g/mol. The normalized spacial score (nSPS) is 10.3. The first-order chi connectivity index (χ1) is 8.58. The van der Waals surface area contributed by atoms with Gasteiger partial charge in [0.2, 0.25) is 0 Å². The SMILES string of the molecule is CN(Cc1nccn1C)C(=O)c1ccc(O)cc1. The number of hydrogen-bond donors (Lipinski definition) is 1. The summed E-state index contributed by atoms with van der Waals surface area (Å²) < 4.78 is 1.88. The first-order valence-electron chi connectivity index (χ1n) is 5.58. The summed E-state index contributed by atoms with van der Waals surface area (Å²) in [6, 6.07) is 6.21. The van der Waals surface area contributed by atoms with E-state index >= 15 is 0 Å². The summed E-state index contributed by atoms with van der Waals surface area (Å²) in [6.07, 6.45) is 3.54. The van der Waals surface area contributed by atoms with Gasteiger partial charge < -0.3 is 14.6 Å². The summed E-state index contributed by atoms with van der Waals surface area (Å²) in [6.45, 7) is 0.448. The molecule has 0 spiro atoms. The lowest BCUT2D eigenvalue weighted by Crippen LogP contribution is -2.27. The van der Waals surface area contributed by atoms with E-state index in [9.17, 15) is 9.90 Å². The number of aryl methyl sites for hydroxylation is 1. The molecule has 5 nitrogen and oxygen atoms in total. The second-order valence-corrected chi connectivity index (χ2v) is 4.16. The van der Waals surface area contributed by atoms with Crippen LogP contribution in [0.3, 0.4) is 0 Å². The van der Waals surface area contributed by atoms with Gasteiger partial charge >= 0.3 is 0 Å². The third-order valence-electron chi connectivity index (χ3n) is 2.76. The number of hydrogen-bond acceptors (Lipinski definition) is 3. The molecule has 0 radical (unpaired) electrons. The van der Waals surface area contributed by atoms with Crippen molar-refractivity contribution in [1.82, 2.24) is 14.5 Å². The average Bonchev–Trinajstić information content (AvgIpc) is 2.75. The number of rotatable bonds is 3. The molecule has 18 heavy (non-hydrogen) atoms. The van der Waals surface area contributed by atoms with Crippen LogP contribution in [0.1, 0.15) is 16.2 Å². The van der Waals surface area contributed by atoms with E-state index < -0.39 is 0 Å². The number of phenolic OH excluding ortho intramolecular Hbond substituents is 1. The van der Waals surface area contributed by atoms with E-state index in [1.54, 1.807) is 30.3 Å². The highest BCUT2D eigenvalue weighted by molar-refractivity contribution is 5.94. The Kier molecular flexibility index (Phi) is 3.32. The predicted octanol–water partition coefficient (Wildman–Crippen LogP) is 1.40. The van der Waals surface area contributed by atoms with Crippen molar-refractivity contribution in [2.45, 2.75) is 6.54 Å². The van der Waals surface area contributed by atoms with Gasteiger partial charge in [-0.3, -0.25) is 4.79 Å². The Balaban J connectivity index is 2.09. The maximum atomic E-state index is 12.1. The highest BCUT2D eigenvalue weighted by atomic mass is 16.3. The van der Waals surface area contributed by atoms with Gasteiger partial charge in [-0.1, -0.05) is 0 Å². The number of imidazole rings is 1. The highest BCUT2D eigenvalue weighted by Crippen LogP contribution is 2.12. The summed E-state index contributed by atoms with van der Waals surface area (Å²) in [5.74, 6) is 0.876. The second-order valence-electron chi connectivity index (χ2n) is 4.16. The van der Waals surface area contributed by atoms with Gasteiger partial charge in [-0.2, -0.15) is 0 Å². The Morgan fingerprint density at radius 3 is 2.61 bits per heavy atom. The van der Waals surface area contributed by atoms with Crippen molar-refractivity contribution >= 4 is 5.91 Å². The number of aromatic nitrogens is 2. The quantitative estimate of drug-likeness (QED) is 0.889. The number of phenols is 1. The predicted molar refractivity (Wildman–Crippen MR) is 67.1 cm³/mol. The third kappa shape index (κ3) is 2.51. The van der Waals surface area contributed by atoms with Crippen LogP contribution in [-0.2, 0) is 13.6 Å². The highest BCUT2D eigenvalue weighted by Gasteiger charge is 2.13. The number of aromatic hydroxyl groups is 1. The van der Waals surface area contributed by atoms with Crippen LogP contribution in [0.2, 0.25) is 0 Å². The number of carbonyl (C=O) groups excluding carboxylic acids is 1. The molecule has 2 aromatic rings. The molecule has 0 bridgehead atoms.